The zero-order chi connectivity index (χ0) is 17.6. The highest BCUT2D eigenvalue weighted by Crippen LogP contribution is 2.23. The van der Waals surface area contributed by atoms with Crippen molar-refractivity contribution >= 4 is 17.8 Å². The number of aromatic nitrogens is 2. The number of carbonyl (C=O) groups excluding carboxylic acids is 1. The van der Waals surface area contributed by atoms with Crippen LogP contribution in [-0.2, 0) is 0 Å². The number of carbonyl (C=O) groups is 1. The van der Waals surface area contributed by atoms with Crippen molar-refractivity contribution in [2.45, 2.75) is 0 Å². The Bertz CT molecular complexity index is 919. The Morgan fingerprint density at radius 2 is 2.00 bits per heavy atom. The van der Waals surface area contributed by atoms with Crippen molar-refractivity contribution in [3.63, 3.8) is 0 Å². The van der Waals surface area contributed by atoms with Crippen molar-refractivity contribution in [3.05, 3.63) is 76.6 Å². The lowest BCUT2D eigenvalue weighted by Gasteiger charge is -1.97. The molecule has 1 amide bonds. The Labute approximate surface area is 141 Å². The van der Waals surface area contributed by atoms with E-state index in [4.69, 9.17) is 4.42 Å². The molecule has 0 spiro atoms. The number of nitrogens with one attached hydrogen (secondary N) is 1. The molecule has 0 atom stereocenters. The number of hydrogen-bond donors (Lipinski definition) is 1. The van der Waals surface area contributed by atoms with Crippen molar-refractivity contribution in [1.29, 1.82) is 0 Å². The van der Waals surface area contributed by atoms with Gasteiger partial charge in [-0.3, -0.25) is 19.9 Å². The molecule has 0 saturated heterocycles. The van der Waals surface area contributed by atoms with Crippen molar-refractivity contribution < 1.29 is 14.1 Å². The van der Waals surface area contributed by atoms with Crippen molar-refractivity contribution in [2.24, 2.45) is 5.10 Å². The fourth-order valence-electron chi connectivity index (χ4n) is 1.95. The molecular formula is C16H11N5O4. The standard InChI is InChI=1S/C16H11N5O4/c22-16(14-10-17-7-8-18-14)20-19-9-13-5-6-15(25-13)11-1-3-12(4-2-11)21(23)24/h1-10H,(H,20,22)/b19-9-. The van der Waals surface area contributed by atoms with Crippen LogP contribution in [-0.4, -0.2) is 27.0 Å². The first-order valence-electron chi connectivity index (χ1n) is 7.07. The molecule has 9 nitrogen and oxygen atoms in total. The van der Waals surface area contributed by atoms with E-state index in [-0.39, 0.29) is 11.4 Å². The summed E-state index contributed by atoms with van der Waals surface area (Å²) in [6, 6.07) is 9.34. The van der Waals surface area contributed by atoms with Gasteiger partial charge in [0.2, 0.25) is 0 Å². The molecule has 25 heavy (non-hydrogen) atoms. The van der Waals surface area contributed by atoms with E-state index in [0.717, 1.165) is 0 Å². The summed E-state index contributed by atoms with van der Waals surface area (Å²) >= 11 is 0. The van der Waals surface area contributed by atoms with Crippen LogP contribution >= 0.6 is 0 Å². The molecule has 124 valence electrons. The minimum Gasteiger partial charge on any atom is -0.455 e. The number of nitro benzene ring substituents is 1. The number of hydrazone groups is 1. The maximum Gasteiger partial charge on any atom is 0.291 e. The van der Waals surface area contributed by atoms with Crippen LogP contribution in [0.2, 0.25) is 0 Å². The van der Waals surface area contributed by atoms with Gasteiger partial charge in [-0.1, -0.05) is 0 Å². The van der Waals surface area contributed by atoms with Gasteiger partial charge in [-0.05, 0) is 24.3 Å². The summed E-state index contributed by atoms with van der Waals surface area (Å²) in [5.41, 5.74) is 3.15. The van der Waals surface area contributed by atoms with Gasteiger partial charge in [-0.25, -0.2) is 10.4 Å². The van der Waals surface area contributed by atoms with E-state index in [9.17, 15) is 14.9 Å². The summed E-state index contributed by atoms with van der Waals surface area (Å²) < 4.78 is 5.56. The Balaban J connectivity index is 1.65. The number of nitro groups is 1. The van der Waals surface area contributed by atoms with E-state index >= 15 is 0 Å². The molecule has 0 bridgehead atoms. The zero-order valence-electron chi connectivity index (χ0n) is 12.7. The van der Waals surface area contributed by atoms with E-state index in [2.05, 4.69) is 20.5 Å². The van der Waals surface area contributed by atoms with Crippen LogP contribution in [0.4, 0.5) is 5.69 Å². The van der Waals surface area contributed by atoms with Crippen molar-refractivity contribution in [3.8, 4) is 11.3 Å². The molecule has 0 aliphatic carbocycles. The minimum atomic E-state index is -0.494. The van der Waals surface area contributed by atoms with Crippen molar-refractivity contribution in [1.82, 2.24) is 15.4 Å². The topological polar surface area (TPSA) is 124 Å². The van der Waals surface area contributed by atoms with Crippen LogP contribution < -0.4 is 5.43 Å². The first-order valence-corrected chi connectivity index (χ1v) is 7.07. The Morgan fingerprint density at radius 1 is 1.20 bits per heavy atom. The molecule has 0 aliphatic heterocycles. The number of rotatable bonds is 5. The Kier molecular flexibility index (Phi) is 4.56. The van der Waals surface area contributed by atoms with Crippen LogP contribution in [0.3, 0.4) is 0 Å². The predicted molar refractivity (Wildman–Crippen MR) is 87.9 cm³/mol. The van der Waals surface area contributed by atoms with Crippen LogP contribution in [0.1, 0.15) is 16.2 Å². The van der Waals surface area contributed by atoms with Gasteiger partial charge < -0.3 is 4.42 Å². The Hall–Kier alpha value is -3.88. The fourth-order valence-corrected chi connectivity index (χ4v) is 1.95. The number of hydrogen-bond acceptors (Lipinski definition) is 7. The van der Waals surface area contributed by atoms with Crippen LogP contribution in [0, 0.1) is 10.1 Å². The molecular weight excluding hydrogens is 326 g/mol. The monoisotopic (exact) mass is 337 g/mol. The summed E-state index contributed by atoms with van der Waals surface area (Å²) in [6.07, 6.45) is 5.53. The molecule has 0 aliphatic rings. The maximum absolute atomic E-state index is 11.7. The molecule has 3 aromatic rings. The smallest absolute Gasteiger partial charge is 0.291 e. The summed E-state index contributed by atoms with van der Waals surface area (Å²) in [4.78, 5) is 29.6. The summed E-state index contributed by atoms with van der Waals surface area (Å²) in [7, 11) is 0. The molecule has 3 rings (SSSR count). The number of amides is 1. The van der Waals surface area contributed by atoms with E-state index in [1.807, 2.05) is 0 Å². The number of benzene rings is 1. The van der Waals surface area contributed by atoms with Gasteiger partial charge in [0, 0.05) is 30.1 Å². The van der Waals surface area contributed by atoms with Gasteiger partial charge in [0.1, 0.15) is 17.2 Å². The average Bonchev–Trinajstić information content (AvgIpc) is 3.11. The van der Waals surface area contributed by atoms with Crippen LogP contribution in [0.5, 0.6) is 0 Å². The lowest BCUT2D eigenvalue weighted by atomic mass is 10.1. The molecule has 2 aromatic heterocycles. The zero-order valence-corrected chi connectivity index (χ0v) is 12.7. The third-order valence-electron chi connectivity index (χ3n) is 3.14. The van der Waals surface area contributed by atoms with Gasteiger partial charge in [0.25, 0.3) is 11.6 Å². The quantitative estimate of drug-likeness (QED) is 0.433. The molecule has 0 saturated carbocycles. The number of non-ortho nitro benzene ring substituents is 1. The van der Waals surface area contributed by atoms with Crippen molar-refractivity contribution in [2.75, 3.05) is 0 Å². The van der Waals surface area contributed by atoms with Gasteiger partial charge in [-0.2, -0.15) is 5.10 Å². The van der Waals surface area contributed by atoms with Gasteiger partial charge in [0.05, 0.1) is 17.3 Å². The van der Waals surface area contributed by atoms with E-state index in [1.54, 1.807) is 24.3 Å². The molecule has 0 radical (unpaired) electrons. The lowest BCUT2D eigenvalue weighted by Crippen LogP contribution is -2.18. The van der Waals surface area contributed by atoms with E-state index in [1.165, 1.54) is 36.9 Å². The number of nitrogens with zero attached hydrogens (tertiary/aromatic N) is 4. The summed E-state index contributed by atoms with van der Waals surface area (Å²) in [5, 5.41) is 14.4. The average molecular weight is 337 g/mol. The minimum absolute atomic E-state index is 0.00353. The number of furan rings is 1. The third-order valence-corrected chi connectivity index (χ3v) is 3.14. The normalized spacial score (nSPS) is 10.7. The molecule has 1 aromatic carbocycles. The van der Waals surface area contributed by atoms with Crippen LogP contribution in [0.25, 0.3) is 11.3 Å². The van der Waals surface area contributed by atoms with E-state index in [0.29, 0.717) is 17.1 Å². The highest BCUT2D eigenvalue weighted by atomic mass is 16.6. The van der Waals surface area contributed by atoms with E-state index < -0.39 is 10.8 Å². The predicted octanol–water partition coefficient (Wildman–Crippen LogP) is 2.41. The summed E-state index contributed by atoms with van der Waals surface area (Å²) in [6.45, 7) is 0. The van der Waals surface area contributed by atoms with Gasteiger partial charge in [0.15, 0.2) is 0 Å². The molecule has 9 heteroatoms. The third kappa shape index (κ3) is 3.91. The first-order chi connectivity index (χ1) is 12.1. The fraction of sp³-hybridized carbons (Fsp3) is 0. The Morgan fingerprint density at radius 3 is 2.68 bits per heavy atom. The SMILES string of the molecule is O=C(N/N=C\c1ccc(-c2ccc([N+](=O)[O-])cc2)o1)c1cnccn1. The first kappa shape index (κ1) is 16.0. The van der Waals surface area contributed by atoms with Crippen LogP contribution in [0.15, 0.2) is 64.5 Å². The lowest BCUT2D eigenvalue weighted by molar-refractivity contribution is -0.384. The van der Waals surface area contributed by atoms with Gasteiger partial charge >= 0.3 is 0 Å². The second-order valence-corrected chi connectivity index (χ2v) is 4.80. The molecule has 0 unspecified atom stereocenters. The highest BCUT2D eigenvalue weighted by molar-refractivity contribution is 5.92. The second kappa shape index (κ2) is 7.13. The molecule has 0 fully saturated rings. The molecule has 2 heterocycles. The van der Waals surface area contributed by atoms with Gasteiger partial charge in [-0.15, -0.1) is 0 Å². The largest absolute Gasteiger partial charge is 0.455 e. The highest BCUT2D eigenvalue weighted by Gasteiger charge is 2.08. The summed E-state index contributed by atoms with van der Waals surface area (Å²) in [5.74, 6) is 0.441. The molecule has 1 N–H and O–H groups in total. The maximum atomic E-state index is 11.7. The second-order valence-electron chi connectivity index (χ2n) is 4.80.